The largest absolute Gasteiger partial charge is 0.495 e. The van der Waals surface area contributed by atoms with Crippen LogP contribution < -0.4 is 5.73 Å². The summed E-state index contributed by atoms with van der Waals surface area (Å²) in [5.74, 6) is 0.154. The molecule has 3 atom stereocenters. The number of ether oxygens (including phenoxy) is 2. The first kappa shape index (κ1) is 8.90. The van der Waals surface area contributed by atoms with E-state index in [1.807, 2.05) is 19.9 Å². The van der Waals surface area contributed by atoms with Gasteiger partial charge in [-0.3, -0.25) is 0 Å². The summed E-state index contributed by atoms with van der Waals surface area (Å²) in [5, 5.41) is 0. The molecule has 1 aliphatic heterocycles. The molecular weight excluding hydrogens is 158 g/mol. The third-order valence-electron chi connectivity index (χ3n) is 1.91. The van der Waals surface area contributed by atoms with E-state index in [0.717, 1.165) is 0 Å². The summed E-state index contributed by atoms with van der Waals surface area (Å²) in [7, 11) is 0. The molecule has 0 bridgehead atoms. The van der Waals surface area contributed by atoms with E-state index in [1.165, 1.54) is 0 Å². The summed E-state index contributed by atoms with van der Waals surface area (Å²) in [5.41, 5.74) is 4.91. The second-order valence-corrected chi connectivity index (χ2v) is 2.93. The summed E-state index contributed by atoms with van der Waals surface area (Å²) in [6.07, 6.45) is 2.31. The Labute approximate surface area is 71.3 Å². The van der Waals surface area contributed by atoms with Gasteiger partial charge in [0.2, 0.25) is 0 Å². The smallest absolute Gasteiger partial charge is 0.404 e. The molecule has 1 aliphatic rings. The number of rotatable bonds is 1. The van der Waals surface area contributed by atoms with Crippen molar-refractivity contribution in [1.82, 2.24) is 0 Å². The summed E-state index contributed by atoms with van der Waals surface area (Å²) >= 11 is 0. The molecule has 0 unspecified atom stereocenters. The van der Waals surface area contributed by atoms with Crippen molar-refractivity contribution in [2.75, 3.05) is 0 Å². The molecule has 0 spiro atoms. The molecule has 0 saturated carbocycles. The monoisotopic (exact) mass is 171 g/mol. The lowest BCUT2D eigenvalue weighted by Gasteiger charge is -2.29. The number of carbonyl (C=O) groups excluding carboxylic acids is 1. The first-order valence-electron chi connectivity index (χ1n) is 3.89. The molecule has 0 radical (unpaired) electrons. The van der Waals surface area contributed by atoms with Crippen molar-refractivity contribution in [2.45, 2.75) is 26.1 Å². The maximum atomic E-state index is 10.5. The SMILES string of the molecule is C[C@@H]1C=CO[C@H](C)[C@H]1OC(N)=O. The highest BCUT2D eigenvalue weighted by Gasteiger charge is 2.28. The molecule has 2 N–H and O–H groups in total. The van der Waals surface area contributed by atoms with Crippen LogP contribution in [0, 0.1) is 5.92 Å². The van der Waals surface area contributed by atoms with Gasteiger partial charge in [0.05, 0.1) is 6.26 Å². The van der Waals surface area contributed by atoms with Gasteiger partial charge >= 0.3 is 6.09 Å². The van der Waals surface area contributed by atoms with Crippen molar-refractivity contribution >= 4 is 6.09 Å². The maximum Gasteiger partial charge on any atom is 0.404 e. The van der Waals surface area contributed by atoms with Crippen LogP contribution in [0.15, 0.2) is 12.3 Å². The highest BCUT2D eigenvalue weighted by Crippen LogP contribution is 2.20. The van der Waals surface area contributed by atoms with Gasteiger partial charge in [0, 0.05) is 5.92 Å². The minimum Gasteiger partial charge on any atom is -0.495 e. The molecule has 4 nitrogen and oxygen atoms in total. The van der Waals surface area contributed by atoms with E-state index >= 15 is 0 Å². The highest BCUT2D eigenvalue weighted by atomic mass is 16.6. The van der Waals surface area contributed by atoms with Crippen LogP contribution in [0.2, 0.25) is 0 Å². The van der Waals surface area contributed by atoms with E-state index < -0.39 is 6.09 Å². The fraction of sp³-hybridized carbons (Fsp3) is 0.625. The molecular formula is C8H13NO3. The standard InChI is InChI=1S/C8H13NO3/c1-5-3-4-11-6(2)7(5)12-8(9)10/h3-7H,1-2H3,(H2,9,10)/t5-,6-,7+/m1/s1. The van der Waals surface area contributed by atoms with Gasteiger partial charge in [-0.1, -0.05) is 6.92 Å². The molecule has 0 aromatic carbocycles. The number of carbonyl (C=O) groups is 1. The zero-order valence-corrected chi connectivity index (χ0v) is 7.19. The quantitative estimate of drug-likeness (QED) is 0.640. The average Bonchev–Trinajstić information content (AvgIpc) is 1.97. The molecule has 68 valence electrons. The van der Waals surface area contributed by atoms with Crippen LogP contribution in [0.5, 0.6) is 0 Å². The Morgan fingerprint density at radius 3 is 2.75 bits per heavy atom. The van der Waals surface area contributed by atoms with Crippen LogP contribution in [0.3, 0.4) is 0 Å². The first-order chi connectivity index (χ1) is 5.61. The number of primary amides is 1. The molecule has 0 saturated heterocycles. The van der Waals surface area contributed by atoms with Crippen LogP contribution in [-0.2, 0) is 9.47 Å². The topological polar surface area (TPSA) is 61.6 Å². The second-order valence-electron chi connectivity index (χ2n) is 2.93. The van der Waals surface area contributed by atoms with E-state index in [-0.39, 0.29) is 18.1 Å². The maximum absolute atomic E-state index is 10.5. The lowest BCUT2D eigenvalue weighted by molar-refractivity contribution is -0.0234. The predicted octanol–water partition coefficient (Wildman–Crippen LogP) is 1.02. The summed E-state index contributed by atoms with van der Waals surface area (Å²) < 4.78 is 10.0. The molecule has 12 heavy (non-hydrogen) atoms. The first-order valence-corrected chi connectivity index (χ1v) is 3.89. The second kappa shape index (κ2) is 3.47. The lowest BCUT2D eigenvalue weighted by atomic mass is 9.99. The van der Waals surface area contributed by atoms with Gasteiger partial charge in [0.1, 0.15) is 12.2 Å². The zero-order valence-electron chi connectivity index (χ0n) is 7.19. The van der Waals surface area contributed by atoms with Gasteiger partial charge in [0.25, 0.3) is 0 Å². The Hall–Kier alpha value is -1.19. The lowest BCUT2D eigenvalue weighted by Crippen LogP contribution is -2.38. The van der Waals surface area contributed by atoms with Crippen LogP contribution >= 0.6 is 0 Å². The van der Waals surface area contributed by atoms with Crippen molar-refractivity contribution in [2.24, 2.45) is 11.7 Å². The molecule has 4 heteroatoms. The normalized spacial score (nSPS) is 34.0. The van der Waals surface area contributed by atoms with E-state index in [0.29, 0.717) is 0 Å². The van der Waals surface area contributed by atoms with Crippen LogP contribution in [-0.4, -0.2) is 18.3 Å². The van der Waals surface area contributed by atoms with Crippen molar-refractivity contribution < 1.29 is 14.3 Å². The minimum atomic E-state index is -0.752. The minimum absolute atomic E-state index is 0.127. The van der Waals surface area contributed by atoms with E-state index in [1.54, 1.807) is 6.26 Å². The third-order valence-corrected chi connectivity index (χ3v) is 1.91. The van der Waals surface area contributed by atoms with E-state index in [4.69, 9.17) is 15.2 Å². The van der Waals surface area contributed by atoms with Crippen molar-refractivity contribution in [1.29, 1.82) is 0 Å². The van der Waals surface area contributed by atoms with Gasteiger partial charge in [-0.25, -0.2) is 4.79 Å². The summed E-state index contributed by atoms with van der Waals surface area (Å²) in [6, 6.07) is 0. The van der Waals surface area contributed by atoms with Crippen LogP contribution in [0.1, 0.15) is 13.8 Å². The van der Waals surface area contributed by atoms with Crippen molar-refractivity contribution in [3.63, 3.8) is 0 Å². The number of hydrogen-bond donors (Lipinski definition) is 1. The Kier molecular flexibility index (Phi) is 2.58. The van der Waals surface area contributed by atoms with Crippen molar-refractivity contribution in [3.05, 3.63) is 12.3 Å². The van der Waals surface area contributed by atoms with Gasteiger partial charge < -0.3 is 15.2 Å². The summed E-state index contributed by atoms with van der Waals surface area (Å²) in [4.78, 5) is 10.5. The Balaban J connectivity index is 2.60. The summed E-state index contributed by atoms with van der Waals surface area (Å²) in [6.45, 7) is 3.79. The molecule has 1 heterocycles. The van der Waals surface area contributed by atoms with E-state index in [2.05, 4.69) is 0 Å². The molecule has 0 aromatic rings. The highest BCUT2D eigenvalue weighted by molar-refractivity contribution is 5.64. The van der Waals surface area contributed by atoms with Crippen LogP contribution in [0.4, 0.5) is 4.79 Å². The predicted molar refractivity (Wildman–Crippen MR) is 43.3 cm³/mol. The van der Waals surface area contributed by atoms with Gasteiger partial charge in [-0.15, -0.1) is 0 Å². The molecule has 0 aromatic heterocycles. The number of nitrogens with two attached hydrogens (primary N) is 1. The fourth-order valence-electron chi connectivity index (χ4n) is 1.24. The van der Waals surface area contributed by atoms with Gasteiger partial charge in [-0.2, -0.15) is 0 Å². The zero-order chi connectivity index (χ0) is 9.14. The third kappa shape index (κ3) is 1.90. The van der Waals surface area contributed by atoms with Gasteiger partial charge in [-0.05, 0) is 13.0 Å². The number of hydrogen-bond acceptors (Lipinski definition) is 3. The average molecular weight is 171 g/mol. The van der Waals surface area contributed by atoms with Crippen LogP contribution in [0.25, 0.3) is 0 Å². The Morgan fingerprint density at radius 2 is 2.25 bits per heavy atom. The number of amides is 1. The molecule has 1 rings (SSSR count). The molecule has 1 amide bonds. The van der Waals surface area contributed by atoms with E-state index in [9.17, 15) is 4.79 Å². The van der Waals surface area contributed by atoms with Gasteiger partial charge in [0.15, 0.2) is 0 Å². The Bertz CT molecular complexity index is 202. The molecule has 0 fully saturated rings. The fourth-order valence-corrected chi connectivity index (χ4v) is 1.24. The van der Waals surface area contributed by atoms with Crippen molar-refractivity contribution in [3.8, 4) is 0 Å². The molecule has 0 aliphatic carbocycles. The Morgan fingerprint density at radius 1 is 1.58 bits per heavy atom.